The van der Waals surface area contributed by atoms with Crippen LogP contribution in [0.5, 0.6) is 0 Å². The number of fused-ring (bicyclic) bond motifs is 2. The Kier molecular flexibility index (Phi) is 4.62. The molecule has 1 fully saturated rings. The lowest BCUT2D eigenvalue weighted by Gasteiger charge is -2.29. The van der Waals surface area contributed by atoms with Crippen LogP contribution in [-0.2, 0) is 0 Å². The molecule has 6 heteroatoms. The summed E-state index contributed by atoms with van der Waals surface area (Å²) < 4.78 is 0. The van der Waals surface area contributed by atoms with E-state index in [9.17, 15) is 9.59 Å². The Hall–Kier alpha value is -3.41. The summed E-state index contributed by atoms with van der Waals surface area (Å²) in [6.45, 7) is 2.04. The van der Waals surface area contributed by atoms with Crippen LogP contribution in [-0.4, -0.2) is 27.1 Å². The topological polar surface area (TPSA) is 90.6 Å². The number of aryl methyl sites for hydroxylation is 1. The van der Waals surface area contributed by atoms with Crippen LogP contribution in [0.4, 0.5) is 0 Å². The van der Waals surface area contributed by atoms with E-state index in [1.807, 2.05) is 55.5 Å². The fourth-order valence-corrected chi connectivity index (χ4v) is 4.65. The van der Waals surface area contributed by atoms with Crippen LogP contribution in [0.2, 0.25) is 0 Å². The van der Waals surface area contributed by atoms with E-state index in [1.54, 1.807) is 0 Å². The molecule has 2 heterocycles. The molecule has 6 nitrogen and oxygen atoms in total. The second-order valence-electron chi connectivity index (χ2n) is 8.23. The van der Waals surface area contributed by atoms with E-state index >= 15 is 0 Å². The number of hydrogen-bond donors (Lipinski definition) is 3. The summed E-state index contributed by atoms with van der Waals surface area (Å²) in [7, 11) is 0. The molecule has 0 spiro atoms. The van der Waals surface area contributed by atoms with E-state index in [2.05, 4.69) is 20.5 Å². The monoisotopic (exact) mass is 400 g/mol. The summed E-state index contributed by atoms with van der Waals surface area (Å²) in [5.74, 6) is 0.234. The van der Waals surface area contributed by atoms with Gasteiger partial charge in [0.1, 0.15) is 5.69 Å². The molecule has 4 aromatic rings. The first-order valence-electron chi connectivity index (χ1n) is 10.5. The molecule has 1 aliphatic carbocycles. The second kappa shape index (κ2) is 7.44. The average Bonchev–Trinajstić information content (AvgIpc) is 3.21. The van der Waals surface area contributed by atoms with Gasteiger partial charge < -0.3 is 10.3 Å². The van der Waals surface area contributed by atoms with Crippen molar-refractivity contribution in [2.24, 2.45) is 0 Å². The molecule has 1 saturated carbocycles. The highest BCUT2D eigenvalue weighted by molar-refractivity contribution is 5.98. The van der Waals surface area contributed by atoms with E-state index in [0.29, 0.717) is 11.1 Å². The molecule has 2 aromatic heterocycles. The number of aromatic nitrogens is 3. The normalized spacial score (nSPS) is 19.2. The predicted molar refractivity (Wildman–Crippen MR) is 118 cm³/mol. The zero-order valence-electron chi connectivity index (χ0n) is 16.9. The number of hydrogen-bond acceptors (Lipinski definition) is 3. The molecule has 0 unspecified atom stereocenters. The molecule has 0 atom stereocenters. The number of carbonyl (C=O) groups is 1. The van der Waals surface area contributed by atoms with Crippen LogP contribution >= 0.6 is 0 Å². The number of rotatable bonds is 3. The van der Waals surface area contributed by atoms with Crippen molar-refractivity contribution < 1.29 is 4.79 Å². The van der Waals surface area contributed by atoms with Gasteiger partial charge in [-0.25, -0.2) is 5.10 Å². The van der Waals surface area contributed by atoms with Crippen molar-refractivity contribution >= 4 is 27.6 Å². The SMILES string of the molecule is Cc1cccc2cc(C(=O)NC3CCC(c4n[nH]c(=O)c5ccccc45)CC3)[nH]c12. The van der Waals surface area contributed by atoms with Crippen molar-refractivity contribution in [3.8, 4) is 0 Å². The fourth-order valence-electron chi connectivity index (χ4n) is 4.65. The second-order valence-corrected chi connectivity index (χ2v) is 8.23. The minimum Gasteiger partial charge on any atom is -0.350 e. The molecule has 1 aliphatic rings. The molecule has 152 valence electrons. The fraction of sp³-hybridized carbons (Fsp3) is 0.292. The van der Waals surface area contributed by atoms with Crippen molar-refractivity contribution in [2.75, 3.05) is 0 Å². The van der Waals surface area contributed by atoms with Gasteiger partial charge in [0.25, 0.3) is 11.5 Å². The van der Waals surface area contributed by atoms with Crippen molar-refractivity contribution in [1.29, 1.82) is 0 Å². The van der Waals surface area contributed by atoms with E-state index in [4.69, 9.17) is 0 Å². The molecular weight excluding hydrogens is 376 g/mol. The van der Waals surface area contributed by atoms with Crippen molar-refractivity contribution in [2.45, 2.75) is 44.6 Å². The number of H-pyrrole nitrogens is 2. The van der Waals surface area contributed by atoms with Crippen LogP contribution in [0.25, 0.3) is 21.7 Å². The number of benzene rings is 2. The zero-order valence-corrected chi connectivity index (χ0v) is 16.9. The Labute approximate surface area is 173 Å². The van der Waals surface area contributed by atoms with Crippen molar-refractivity contribution in [3.63, 3.8) is 0 Å². The van der Waals surface area contributed by atoms with Gasteiger partial charge >= 0.3 is 0 Å². The van der Waals surface area contributed by atoms with Crippen molar-refractivity contribution in [3.05, 3.63) is 75.8 Å². The predicted octanol–water partition coefficient (Wildman–Crippen LogP) is 4.17. The smallest absolute Gasteiger partial charge is 0.272 e. The average molecular weight is 400 g/mol. The Morgan fingerprint density at radius 3 is 2.57 bits per heavy atom. The van der Waals surface area contributed by atoms with Gasteiger partial charge in [-0.1, -0.05) is 36.4 Å². The van der Waals surface area contributed by atoms with E-state index in [-0.39, 0.29) is 23.4 Å². The summed E-state index contributed by atoms with van der Waals surface area (Å²) in [5.41, 5.74) is 3.56. The number of para-hydroxylation sites is 1. The first kappa shape index (κ1) is 18.6. The third-order valence-electron chi connectivity index (χ3n) is 6.28. The molecule has 1 amide bonds. The van der Waals surface area contributed by atoms with Crippen LogP contribution in [0, 0.1) is 6.92 Å². The molecule has 0 saturated heterocycles. The van der Waals surface area contributed by atoms with Crippen LogP contribution < -0.4 is 10.9 Å². The summed E-state index contributed by atoms with van der Waals surface area (Å²) in [4.78, 5) is 28.1. The zero-order chi connectivity index (χ0) is 20.7. The lowest BCUT2D eigenvalue weighted by Crippen LogP contribution is -2.37. The minimum absolute atomic E-state index is 0.0540. The number of nitrogens with zero attached hydrogens (tertiary/aromatic N) is 1. The van der Waals surface area contributed by atoms with Gasteiger partial charge in [0, 0.05) is 28.2 Å². The Morgan fingerprint density at radius 2 is 1.80 bits per heavy atom. The Balaban J connectivity index is 1.28. The minimum atomic E-state index is -0.149. The Morgan fingerprint density at radius 1 is 1.03 bits per heavy atom. The third kappa shape index (κ3) is 3.28. The van der Waals surface area contributed by atoms with Gasteiger partial charge in [0.05, 0.1) is 11.1 Å². The summed E-state index contributed by atoms with van der Waals surface area (Å²) in [5, 5.41) is 12.9. The van der Waals surface area contributed by atoms with E-state index < -0.39 is 0 Å². The Bertz CT molecular complexity index is 1300. The summed E-state index contributed by atoms with van der Waals surface area (Å²) in [6, 6.07) is 15.8. The maximum Gasteiger partial charge on any atom is 0.272 e. The standard InChI is InChI=1S/C24H24N4O2/c1-14-5-4-6-16-13-20(26-21(14)16)24(30)25-17-11-9-15(10-12-17)22-18-7-2-3-8-19(18)23(29)28-27-22/h2-8,13,15,17,26H,9-12H2,1H3,(H,25,30)(H,28,29). The third-order valence-corrected chi connectivity index (χ3v) is 6.28. The van der Waals surface area contributed by atoms with Gasteiger partial charge in [0.2, 0.25) is 0 Å². The van der Waals surface area contributed by atoms with Gasteiger partial charge in [-0.05, 0) is 50.3 Å². The first-order valence-corrected chi connectivity index (χ1v) is 10.5. The highest BCUT2D eigenvalue weighted by Crippen LogP contribution is 2.34. The maximum atomic E-state index is 12.8. The van der Waals surface area contributed by atoms with Crippen molar-refractivity contribution in [1.82, 2.24) is 20.5 Å². The maximum absolute atomic E-state index is 12.8. The van der Waals surface area contributed by atoms with Gasteiger partial charge in [-0.2, -0.15) is 5.10 Å². The largest absolute Gasteiger partial charge is 0.350 e. The molecule has 0 radical (unpaired) electrons. The lowest BCUT2D eigenvalue weighted by atomic mass is 9.82. The number of carbonyl (C=O) groups excluding carboxylic acids is 1. The first-order chi connectivity index (χ1) is 14.6. The molecule has 5 rings (SSSR count). The highest BCUT2D eigenvalue weighted by Gasteiger charge is 2.26. The number of amides is 1. The summed E-state index contributed by atoms with van der Waals surface area (Å²) >= 11 is 0. The molecule has 0 aliphatic heterocycles. The summed E-state index contributed by atoms with van der Waals surface area (Å²) in [6.07, 6.45) is 3.65. The molecule has 3 N–H and O–H groups in total. The highest BCUT2D eigenvalue weighted by atomic mass is 16.2. The van der Waals surface area contributed by atoms with Crippen LogP contribution in [0.15, 0.2) is 53.3 Å². The van der Waals surface area contributed by atoms with Gasteiger partial charge in [0.15, 0.2) is 0 Å². The number of nitrogens with one attached hydrogen (secondary N) is 3. The lowest BCUT2D eigenvalue weighted by molar-refractivity contribution is 0.0921. The van der Waals surface area contributed by atoms with E-state index in [1.165, 1.54) is 0 Å². The molecule has 0 bridgehead atoms. The van der Waals surface area contributed by atoms with E-state index in [0.717, 1.165) is 53.2 Å². The molecule has 2 aromatic carbocycles. The van der Waals surface area contributed by atoms with Gasteiger partial charge in [-0.3, -0.25) is 9.59 Å². The molecule has 30 heavy (non-hydrogen) atoms. The van der Waals surface area contributed by atoms with Crippen LogP contribution in [0.3, 0.4) is 0 Å². The van der Waals surface area contributed by atoms with Gasteiger partial charge in [-0.15, -0.1) is 0 Å². The van der Waals surface area contributed by atoms with Crippen LogP contribution in [0.1, 0.15) is 53.3 Å². The number of aromatic amines is 2. The molecular formula is C24H24N4O2. The quantitative estimate of drug-likeness (QED) is 0.482.